The molecule has 6 nitrogen and oxygen atoms in total. The van der Waals surface area contributed by atoms with E-state index in [1.54, 1.807) is 32.0 Å². The summed E-state index contributed by atoms with van der Waals surface area (Å²) in [4.78, 5) is 23.8. The smallest absolute Gasteiger partial charge is 0.338 e. The van der Waals surface area contributed by atoms with Gasteiger partial charge in [0.1, 0.15) is 17.2 Å². The fourth-order valence-electron chi connectivity index (χ4n) is 2.56. The molecule has 0 aliphatic carbocycles. The van der Waals surface area contributed by atoms with Gasteiger partial charge in [0, 0.05) is 17.9 Å². The number of benzene rings is 2. The molecule has 0 amide bonds. The van der Waals surface area contributed by atoms with Crippen molar-refractivity contribution in [3.8, 4) is 17.2 Å². The van der Waals surface area contributed by atoms with Crippen LogP contribution in [0.5, 0.6) is 17.2 Å². The molecule has 0 saturated carbocycles. The molecule has 0 radical (unpaired) electrons. The molecule has 128 valence electrons. The molecule has 0 atom stereocenters. The van der Waals surface area contributed by atoms with Gasteiger partial charge in [0.25, 0.3) is 0 Å². The average molecular weight is 332 g/mol. The van der Waals surface area contributed by atoms with Crippen molar-refractivity contribution in [2.24, 2.45) is 0 Å². The summed E-state index contributed by atoms with van der Waals surface area (Å²) >= 11 is 0. The second-order valence-electron chi connectivity index (χ2n) is 5.09. The van der Waals surface area contributed by atoms with Crippen molar-refractivity contribution in [2.75, 3.05) is 20.8 Å². The summed E-state index contributed by atoms with van der Waals surface area (Å²) in [6.07, 6.45) is 0. The standard InChI is InChI=1S/C18H20O6/c1-6-23-18(20)12-9-13-14(21-4)7-8-15(22-5)16(13)17(10(12)2)24-11(3)19/h7-9H,6H2,1-5H3. The lowest BCUT2D eigenvalue weighted by molar-refractivity contribution is -0.131. The molecule has 0 spiro atoms. The molecule has 6 heteroatoms. The van der Waals surface area contributed by atoms with Crippen LogP contribution in [-0.4, -0.2) is 32.8 Å². The monoisotopic (exact) mass is 332 g/mol. The number of hydrogen-bond donors (Lipinski definition) is 0. The van der Waals surface area contributed by atoms with Gasteiger partial charge in [0.15, 0.2) is 0 Å². The molecule has 0 heterocycles. The van der Waals surface area contributed by atoms with Crippen molar-refractivity contribution in [1.29, 1.82) is 0 Å². The highest BCUT2D eigenvalue weighted by atomic mass is 16.5. The molecule has 24 heavy (non-hydrogen) atoms. The quantitative estimate of drug-likeness (QED) is 0.618. The second kappa shape index (κ2) is 7.21. The summed E-state index contributed by atoms with van der Waals surface area (Å²) in [6.45, 7) is 4.97. The van der Waals surface area contributed by atoms with Crippen LogP contribution in [0.1, 0.15) is 29.8 Å². The normalized spacial score (nSPS) is 10.4. The number of methoxy groups -OCH3 is 2. The van der Waals surface area contributed by atoms with Crippen molar-refractivity contribution < 1.29 is 28.5 Å². The average Bonchev–Trinajstić information content (AvgIpc) is 2.55. The SMILES string of the molecule is CCOC(=O)c1cc2c(OC)ccc(OC)c2c(OC(C)=O)c1C. The van der Waals surface area contributed by atoms with E-state index in [4.69, 9.17) is 18.9 Å². The molecular formula is C18H20O6. The minimum atomic E-state index is -0.495. The Morgan fingerprint density at radius 1 is 1.08 bits per heavy atom. The van der Waals surface area contributed by atoms with Crippen LogP contribution in [0.3, 0.4) is 0 Å². The molecular weight excluding hydrogens is 312 g/mol. The van der Waals surface area contributed by atoms with Gasteiger partial charge in [0.2, 0.25) is 0 Å². The van der Waals surface area contributed by atoms with Gasteiger partial charge in [-0.1, -0.05) is 0 Å². The largest absolute Gasteiger partial charge is 0.496 e. The molecule has 2 rings (SSSR count). The van der Waals surface area contributed by atoms with Crippen LogP contribution < -0.4 is 14.2 Å². The zero-order valence-electron chi connectivity index (χ0n) is 14.4. The van der Waals surface area contributed by atoms with Crippen LogP contribution in [0, 0.1) is 6.92 Å². The molecule has 2 aromatic carbocycles. The minimum absolute atomic E-state index is 0.244. The van der Waals surface area contributed by atoms with Crippen molar-refractivity contribution in [3.05, 3.63) is 29.3 Å². The third-order valence-electron chi connectivity index (χ3n) is 3.61. The third kappa shape index (κ3) is 3.13. The number of esters is 2. The Morgan fingerprint density at radius 3 is 2.25 bits per heavy atom. The fourth-order valence-corrected chi connectivity index (χ4v) is 2.56. The first-order valence-corrected chi connectivity index (χ1v) is 7.48. The molecule has 0 bridgehead atoms. The van der Waals surface area contributed by atoms with Gasteiger partial charge >= 0.3 is 11.9 Å². The zero-order valence-corrected chi connectivity index (χ0v) is 14.4. The van der Waals surface area contributed by atoms with E-state index < -0.39 is 11.9 Å². The summed E-state index contributed by atoms with van der Waals surface area (Å²) in [5.74, 6) is 0.324. The Kier molecular flexibility index (Phi) is 5.28. The van der Waals surface area contributed by atoms with Crippen molar-refractivity contribution in [3.63, 3.8) is 0 Å². The summed E-state index contributed by atoms with van der Waals surface area (Å²) in [7, 11) is 3.05. The maximum atomic E-state index is 12.3. The van der Waals surface area contributed by atoms with E-state index in [1.165, 1.54) is 21.1 Å². The lowest BCUT2D eigenvalue weighted by atomic mass is 9.98. The molecule has 0 unspecified atom stereocenters. The van der Waals surface area contributed by atoms with Gasteiger partial charge in [-0.25, -0.2) is 4.79 Å². The molecule has 0 aliphatic heterocycles. The summed E-state index contributed by atoms with van der Waals surface area (Å²) < 4.78 is 21.2. The third-order valence-corrected chi connectivity index (χ3v) is 3.61. The van der Waals surface area contributed by atoms with E-state index >= 15 is 0 Å². The van der Waals surface area contributed by atoms with Gasteiger partial charge in [-0.2, -0.15) is 0 Å². The Bertz CT molecular complexity index is 794. The molecule has 0 aliphatic rings. The molecule has 0 N–H and O–H groups in total. The number of carbonyl (C=O) groups excluding carboxylic acids is 2. The Balaban J connectivity index is 2.90. The molecule has 0 fully saturated rings. The highest BCUT2D eigenvalue weighted by molar-refractivity contribution is 6.05. The number of ether oxygens (including phenoxy) is 4. The first-order valence-electron chi connectivity index (χ1n) is 7.48. The van der Waals surface area contributed by atoms with Crippen LogP contribution in [0.25, 0.3) is 10.8 Å². The van der Waals surface area contributed by atoms with Gasteiger partial charge in [0.05, 0.1) is 31.8 Å². The van der Waals surface area contributed by atoms with E-state index in [-0.39, 0.29) is 12.4 Å². The number of rotatable bonds is 5. The lowest BCUT2D eigenvalue weighted by Crippen LogP contribution is -2.11. The van der Waals surface area contributed by atoms with E-state index in [9.17, 15) is 9.59 Å². The topological polar surface area (TPSA) is 71.1 Å². The predicted molar refractivity (Wildman–Crippen MR) is 89.1 cm³/mol. The van der Waals surface area contributed by atoms with Crippen LogP contribution >= 0.6 is 0 Å². The van der Waals surface area contributed by atoms with Gasteiger partial charge in [-0.15, -0.1) is 0 Å². The Morgan fingerprint density at radius 2 is 1.71 bits per heavy atom. The summed E-state index contributed by atoms with van der Waals surface area (Å²) in [6, 6.07) is 5.11. The highest BCUT2D eigenvalue weighted by Gasteiger charge is 2.23. The van der Waals surface area contributed by atoms with Crippen molar-refractivity contribution >= 4 is 22.7 Å². The molecule has 2 aromatic rings. The maximum Gasteiger partial charge on any atom is 0.338 e. The van der Waals surface area contributed by atoms with E-state index in [0.29, 0.717) is 33.4 Å². The van der Waals surface area contributed by atoms with Crippen LogP contribution in [0.4, 0.5) is 0 Å². The number of carbonyl (C=O) groups is 2. The van der Waals surface area contributed by atoms with Crippen LogP contribution in [-0.2, 0) is 9.53 Å². The summed E-state index contributed by atoms with van der Waals surface area (Å²) in [5.41, 5.74) is 0.815. The molecule has 0 aromatic heterocycles. The van der Waals surface area contributed by atoms with Crippen LogP contribution in [0.2, 0.25) is 0 Å². The maximum absolute atomic E-state index is 12.3. The second-order valence-corrected chi connectivity index (χ2v) is 5.09. The van der Waals surface area contributed by atoms with E-state index in [1.807, 2.05) is 0 Å². The van der Waals surface area contributed by atoms with Gasteiger partial charge in [-0.3, -0.25) is 4.79 Å². The minimum Gasteiger partial charge on any atom is -0.496 e. The summed E-state index contributed by atoms with van der Waals surface area (Å²) in [5, 5.41) is 1.17. The van der Waals surface area contributed by atoms with E-state index in [2.05, 4.69) is 0 Å². The van der Waals surface area contributed by atoms with Crippen molar-refractivity contribution in [2.45, 2.75) is 20.8 Å². The van der Waals surface area contributed by atoms with Crippen LogP contribution in [0.15, 0.2) is 18.2 Å². The fraction of sp³-hybridized carbons (Fsp3) is 0.333. The number of hydrogen-bond acceptors (Lipinski definition) is 6. The Hall–Kier alpha value is -2.76. The zero-order chi connectivity index (χ0) is 17.9. The Labute approximate surface area is 140 Å². The van der Waals surface area contributed by atoms with Gasteiger partial charge in [-0.05, 0) is 32.0 Å². The van der Waals surface area contributed by atoms with E-state index in [0.717, 1.165) is 0 Å². The molecule has 0 saturated heterocycles. The first-order chi connectivity index (χ1) is 11.4. The first kappa shape index (κ1) is 17.6. The number of fused-ring (bicyclic) bond motifs is 1. The highest BCUT2D eigenvalue weighted by Crippen LogP contribution is 2.42. The van der Waals surface area contributed by atoms with Crippen molar-refractivity contribution in [1.82, 2.24) is 0 Å². The van der Waals surface area contributed by atoms with Gasteiger partial charge < -0.3 is 18.9 Å². The lowest BCUT2D eigenvalue weighted by Gasteiger charge is -2.17. The predicted octanol–water partition coefficient (Wildman–Crippen LogP) is 3.27.